The van der Waals surface area contributed by atoms with Gasteiger partial charge >= 0.3 is 12.1 Å². The van der Waals surface area contributed by atoms with E-state index in [4.69, 9.17) is 16.7 Å². The second-order valence-corrected chi connectivity index (χ2v) is 4.58. The molecule has 16 heavy (non-hydrogen) atoms. The van der Waals surface area contributed by atoms with Crippen LogP contribution < -0.4 is 12.4 Å². The molecule has 2 atom stereocenters. The number of carboxylic acid groups (broad SMARTS) is 1. The first-order valence-corrected chi connectivity index (χ1v) is 4.63. The Balaban J connectivity index is 0.00000225. The van der Waals surface area contributed by atoms with Gasteiger partial charge in [-0.05, 0) is 11.3 Å². The molecule has 0 spiro atoms. The van der Waals surface area contributed by atoms with Crippen LogP contribution >= 0.6 is 11.6 Å². The van der Waals surface area contributed by atoms with Crippen LogP contribution in [0.5, 0.6) is 0 Å². The van der Waals surface area contributed by atoms with Crippen molar-refractivity contribution in [3.63, 3.8) is 0 Å². The number of alkyl halides is 3. The first-order chi connectivity index (χ1) is 6.58. The zero-order chi connectivity index (χ0) is 12.0. The van der Waals surface area contributed by atoms with Gasteiger partial charge in [-0.3, -0.25) is 4.79 Å². The van der Waals surface area contributed by atoms with E-state index in [1.165, 1.54) is 0 Å². The topological polar surface area (TPSA) is 37.3 Å². The SMILES string of the molecule is CC1(C)[C@H](C=C(Cl)C(F)(F)F)[C@@H]1C(=O)O.[Cl-]. The summed E-state index contributed by atoms with van der Waals surface area (Å²) >= 11 is 5.03. The summed E-state index contributed by atoms with van der Waals surface area (Å²) < 4.78 is 36.2. The van der Waals surface area contributed by atoms with Crippen LogP contribution in [0.25, 0.3) is 0 Å². The second kappa shape index (κ2) is 4.45. The fourth-order valence-electron chi connectivity index (χ4n) is 1.71. The zero-order valence-electron chi connectivity index (χ0n) is 8.48. The van der Waals surface area contributed by atoms with Gasteiger partial charge < -0.3 is 17.5 Å². The van der Waals surface area contributed by atoms with Crippen LogP contribution in [0.3, 0.4) is 0 Å². The molecule has 0 bridgehead atoms. The molecule has 7 heteroatoms. The summed E-state index contributed by atoms with van der Waals surface area (Å²) in [7, 11) is 0. The molecule has 0 heterocycles. The molecule has 0 radical (unpaired) electrons. The Bertz CT molecular complexity index is 323. The Morgan fingerprint density at radius 2 is 1.88 bits per heavy atom. The first kappa shape index (κ1) is 15.6. The summed E-state index contributed by atoms with van der Waals surface area (Å²) in [4.78, 5) is 10.7. The lowest BCUT2D eigenvalue weighted by Crippen LogP contribution is -3.00. The number of halogens is 5. The lowest BCUT2D eigenvalue weighted by molar-refractivity contribution is -0.139. The molecule has 0 unspecified atom stereocenters. The fraction of sp³-hybridized carbons (Fsp3) is 0.667. The van der Waals surface area contributed by atoms with Crippen molar-refractivity contribution < 1.29 is 35.5 Å². The quantitative estimate of drug-likeness (QED) is 0.774. The van der Waals surface area contributed by atoms with Crippen molar-refractivity contribution >= 4 is 17.6 Å². The molecule has 1 N–H and O–H groups in total. The van der Waals surface area contributed by atoms with Crippen LogP contribution in [0.1, 0.15) is 13.8 Å². The van der Waals surface area contributed by atoms with E-state index in [0.29, 0.717) is 0 Å². The largest absolute Gasteiger partial charge is 1.00 e. The first-order valence-electron chi connectivity index (χ1n) is 4.26. The molecule has 0 aromatic carbocycles. The molecule has 2 nitrogen and oxygen atoms in total. The fourth-order valence-corrected chi connectivity index (χ4v) is 1.85. The van der Waals surface area contributed by atoms with Gasteiger partial charge in [0.2, 0.25) is 0 Å². The van der Waals surface area contributed by atoms with Crippen LogP contribution in [0.15, 0.2) is 11.1 Å². The minimum absolute atomic E-state index is 0. The molecule has 0 aliphatic heterocycles. The van der Waals surface area contributed by atoms with Gasteiger partial charge in [-0.2, -0.15) is 13.2 Å². The maximum absolute atomic E-state index is 12.1. The molecule has 1 aliphatic carbocycles. The molecular weight excluding hydrogens is 268 g/mol. The lowest BCUT2D eigenvalue weighted by Gasteiger charge is -2.04. The van der Waals surface area contributed by atoms with E-state index in [1.54, 1.807) is 13.8 Å². The lowest BCUT2D eigenvalue weighted by atomic mass is 10.1. The van der Waals surface area contributed by atoms with Crippen LogP contribution in [0, 0.1) is 17.3 Å². The minimum atomic E-state index is -4.59. The van der Waals surface area contributed by atoms with Gasteiger partial charge in [-0.1, -0.05) is 31.5 Å². The van der Waals surface area contributed by atoms with E-state index in [-0.39, 0.29) is 12.4 Å². The third kappa shape index (κ3) is 2.83. The second-order valence-electron chi connectivity index (χ2n) is 4.18. The third-order valence-electron chi connectivity index (χ3n) is 2.77. The van der Waals surface area contributed by atoms with Gasteiger partial charge in [0, 0.05) is 0 Å². The van der Waals surface area contributed by atoms with Crippen molar-refractivity contribution in [2.45, 2.75) is 20.0 Å². The normalized spacial score (nSPS) is 28.2. The van der Waals surface area contributed by atoms with Gasteiger partial charge in [0.15, 0.2) is 0 Å². The third-order valence-corrected chi connectivity index (χ3v) is 3.11. The molecule has 1 aliphatic rings. The summed E-state index contributed by atoms with van der Waals surface area (Å²) in [5.74, 6) is -2.52. The molecule has 1 rings (SSSR count). The number of rotatable bonds is 2. The van der Waals surface area contributed by atoms with Gasteiger partial charge in [0.05, 0.1) is 5.92 Å². The van der Waals surface area contributed by atoms with Crippen molar-refractivity contribution in [3.05, 3.63) is 11.1 Å². The maximum atomic E-state index is 12.1. The van der Waals surface area contributed by atoms with Crippen LogP contribution in [0.4, 0.5) is 13.2 Å². The molecule has 0 aromatic rings. The Hall–Kier alpha value is -0.420. The highest BCUT2D eigenvalue weighted by molar-refractivity contribution is 6.30. The standard InChI is InChI=1S/C9H10ClF3O2.ClH/c1-8(2)4(6(8)7(14)15)3-5(10)9(11,12)13;/h3-4,6H,1-2H3,(H,14,15);1H/p-1/t4-,6-;/m1./s1. The Morgan fingerprint density at radius 3 is 2.12 bits per heavy atom. The Morgan fingerprint density at radius 1 is 1.44 bits per heavy atom. The molecule has 94 valence electrons. The Labute approximate surface area is 102 Å². The smallest absolute Gasteiger partial charge is 0.426 e. The van der Waals surface area contributed by atoms with Crippen molar-refractivity contribution in [1.29, 1.82) is 0 Å². The van der Waals surface area contributed by atoms with Crippen molar-refractivity contribution in [1.82, 2.24) is 0 Å². The minimum Gasteiger partial charge on any atom is -1.00 e. The highest BCUT2D eigenvalue weighted by Gasteiger charge is 2.61. The summed E-state index contributed by atoms with van der Waals surface area (Å²) in [6.45, 7) is 3.21. The van der Waals surface area contributed by atoms with E-state index < -0.39 is 34.4 Å². The number of allylic oxidation sites excluding steroid dienone is 2. The van der Waals surface area contributed by atoms with E-state index in [1.807, 2.05) is 0 Å². The number of carboxylic acids is 1. The molecule has 1 fully saturated rings. The molecular formula is C9H10Cl2F3O2-. The summed E-state index contributed by atoms with van der Waals surface area (Å²) in [5.41, 5.74) is -0.656. The highest BCUT2D eigenvalue weighted by atomic mass is 35.5. The highest BCUT2D eigenvalue weighted by Crippen LogP contribution is 2.60. The van der Waals surface area contributed by atoms with Crippen molar-refractivity contribution in [3.8, 4) is 0 Å². The van der Waals surface area contributed by atoms with Gasteiger partial charge in [0.25, 0.3) is 0 Å². The monoisotopic (exact) mass is 277 g/mol. The van der Waals surface area contributed by atoms with Gasteiger partial charge in [-0.15, -0.1) is 0 Å². The molecule has 0 amide bonds. The predicted octanol–water partition coefficient (Wildman–Crippen LogP) is 0.0322. The van der Waals surface area contributed by atoms with Crippen molar-refractivity contribution in [2.75, 3.05) is 0 Å². The van der Waals surface area contributed by atoms with Crippen molar-refractivity contribution in [2.24, 2.45) is 17.3 Å². The maximum Gasteiger partial charge on any atom is 0.426 e. The number of hydrogen-bond acceptors (Lipinski definition) is 1. The predicted molar refractivity (Wildman–Crippen MR) is 48.4 cm³/mol. The summed E-state index contributed by atoms with van der Waals surface area (Å²) in [6, 6.07) is 0. The molecule has 1 saturated carbocycles. The van der Waals surface area contributed by atoms with Gasteiger partial charge in [0.1, 0.15) is 5.03 Å². The Kier molecular flexibility index (Phi) is 4.33. The van der Waals surface area contributed by atoms with Gasteiger partial charge in [-0.25, -0.2) is 0 Å². The average molecular weight is 278 g/mol. The van der Waals surface area contributed by atoms with Crippen LogP contribution in [-0.4, -0.2) is 17.3 Å². The molecule has 0 saturated heterocycles. The van der Waals surface area contributed by atoms with E-state index in [2.05, 4.69) is 0 Å². The zero-order valence-corrected chi connectivity index (χ0v) is 9.99. The van der Waals surface area contributed by atoms with Crippen LogP contribution in [0.2, 0.25) is 0 Å². The number of hydrogen-bond donors (Lipinski definition) is 1. The van der Waals surface area contributed by atoms with E-state index in [0.717, 1.165) is 6.08 Å². The summed E-state index contributed by atoms with van der Waals surface area (Å²) in [6.07, 6.45) is -3.80. The number of aliphatic carboxylic acids is 1. The average Bonchev–Trinajstić information content (AvgIpc) is 2.50. The summed E-state index contributed by atoms with van der Waals surface area (Å²) in [5, 5.41) is 7.48. The number of carbonyl (C=O) groups is 1. The van der Waals surface area contributed by atoms with Crippen LogP contribution in [-0.2, 0) is 4.79 Å². The molecule has 0 aromatic heterocycles. The van der Waals surface area contributed by atoms with E-state index >= 15 is 0 Å². The van der Waals surface area contributed by atoms with E-state index in [9.17, 15) is 18.0 Å².